The molecule has 0 aromatic carbocycles. The van der Waals surface area contributed by atoms with Crippen molar-refractivity contribution in [3.63, 3.8) is 0 Å². The molecule has 1 amide bonds. The molecule has 0 spiro atoms. The monoisotopic (exact) mass is 401 g/mol. The third-order valence-corrected chi connectivity index (χ3v) is 6.45. The van der Waals surface area contributed by atoms with E-state index in [0.717, 1.165) is 22.9 Å². The van der Waals surface area contributed by atoms with Gasteiger partial charge in [-0.2, -0.15) is 0 Å². The molecule has 1 saturated carbocycles. The summed E-state index contributed by atoms with van der Waals surface area (Å²) >= 11 is 2.90. The van der Waals surface area contributed by atoms with Crippen LogP contribution in [0.5, 0.6) is 0 Å². The molecule has 3 aromatic heterocycles. The minimum absolute atomic E-state index is 0.0832. The Kier molecular flexibility index (Phi) is 4.96. The van der Waals surface area contributed by atoms with Crippen molar-refractivity contribution in [1.82, 2.24) is 19.6 Å². The number of anilines is 1. The number of rotatable bonds is 6. The molecule has 0 N–H and O–H groups in total. The first-order valence-electron chi connectivity index (χ1n) is 8.83. The summed E-state index contributed by atoms with van der Waals surface area (Å²) < 4.78 is 2.37. The van der Waals surface area contributed by atoms with Gasteiger partial charge in [0, 0.05) is 30.0 Å². The molecular formula is C18H19N5O2S2. The number of nitrogens with zero attached hydrogens (tertiary/aromatic N) is 5. The summed E-state index contributed by atoms with van der Waals surface area (Å²) in [5, 5.41) is 9.07. The average Bonchev–Trinajstić information content (AvgIpc) is 3.37. The predicted octanol–water partition coefficient (Wildman–Crippen LogP) is 3.05. The summed E-state index contributed by atoms with van der Waals surface area (Å²) in [5.41, 5.74) is 2.12. The Morgan fingerprint density at radius 1 is 1.37 bits per heavy atom. The highest BCUT2D eigenvalue weighted by Crippen LogP contribution is 2.36. The van der Waals surface area contributed by atoms with E-state index >= 15 is 0 Å². The molecule has 9 heteroatoms. The Balaban J connectivity index is 1.51. The Hall–Kier alpha value is -2.26. The van der Waals surface area contributed by atoms with Crippen molar-refractivity contribution in [2.45, 2.75) is 49.2 Å². The normalized spacial score (nSPS) is 13.9. The van der Waals surface area contributed by atoms with Gasteiger partial charge in [-0.1, -0.05) is 36.1 Å². The van der Waals surface area contributed by atoms with Crippen molar-refractivity contribution < 1.29 is 4.79 Å². The number of amides is 1. The van der Waals surface area contributed by atoms with Crippen LogP contribution < -0.4 is 10.5 Å². The third kappa shape index (κ3) is 3.74. The molecule has 0 atom stereocenters. The van der Waals surface area contributed by atoms with E-state index in [1.807, 2.05) is 32.0 Å². The van der Waals surface area contributed by atoms with Crippen LogP contribution in [0.15, 0.2) is 33.4 Å². The zero-order valence-corrected chi connectivity index (χ0v) is 16.7. The highest BCUT2D eigenvalue weighted by Gasteiger charge is 2.35. The Labute approximate surface area is 164 Å². The Morgan fingerprint density at radius 3 is 2.93 bits per heavy atom. The number of aromatic nitrogens is 4. The Bertz CT molecular complexity index is 1060. The van der Waals surface area contributed by atoms with Crippen LogP contribution in [0.1, 0.15) is 37.6 Å². The van der Waals surface area contributed by atoms with Gasteiger partial charge in [0.15, 0.2) is 4.34 Å². The maximum atomic E-state index is 12.4. The molecule has 0 radical (unpaired) electrons. The molecular weight excluding hydrogens is 382 g/mol. The number of hydrogen-bond donors (Lipinski definition) is 0. The molecule has 3 aromatic rings. The molecule has 3 heterocycles. The van der Waals surface area contributed by atoms with Gasteiger partial charge in [-0.3, -0.25) is 18.9 Å². The van der Waals surface area contributed by atoms with Crippen LogP contribution in [0.2, 0.25) is 0 Å². The molecule has 7 nitrogen and oxygen atoms in total. The highest BCUT2D eigenvalue weighted by molar-refractivity contribution is 8.00. The fraction of sp³-hybridized carbons (Fsp3) is 0.389. The molecule has 27 heavy (non-hydrogen) atoms. The minimum Gasteiger partial charge on any atom is -0.284 e. The predicted molar refractivity (Wildman–Crippen MR) is 106 cm³/mol. The lowest BCUT2D eigenvalue weighted by molar-refractivity contribution is -0.118. The van der Waals surface area contributed by atoms with Crippen molar-refractivity contribution in [1.29, 1.82) is 0 Å². The molecule has 0 aliphatic heterocycles. The summed E-state index contributed by atoms with van der Waals surface area (Å²) in [5.74, 6) is 0.615. The van der Waals surface area contributed by atoms with E-state index in [4.69, 9.17) is 0 Å². The van der Waals surface area contributed by atoms with Crippen LogP contribution in [0.4, 0.5) is 5.13 Å². The van der Waals surface area contributed by atoms with E-state index in [9.17, 15) is 9.59 Å². The summed E-state index contributed by atoms with van der Waals surface area (Å²) in [6, 6.07) is 7.44. The van der Waals surface area contributed by atoms with Crippen molar-refractivity contribution in [3.8, 4) is 0 Å². The number of aryl methyl sites for hydroxylation is 1. The number of carbonyl (C=O) groups excluding carboxylic acids is 1. The standard InChI is InChI=1S/C18H19N5O2S2/c1-3-15(24)23(13-7-8-13)17-20-21-18(27-17)26-10-12-9-16(25)22-11(2)5-4-6-14(22)19-12/h4-6,9,13H,3,7-8,10H2,1-2H3. The lowest BCUT2D eigenvalue weighted by Gasteiger charge is -2.17. The van der Waals surface area contributed by atoms with Crippen LogP contribution in [-0.2, 0) is 10.5 Å². The van der Waals surface area contributed by atoms with Crippen LogP contribution >= 0.6 is 23.1 Å². The van der Waals surface area contributed by atoms with Crippen LogP contribution in [-0.4, -0.2) is 31.5 Å². The minimum atomic E-state index is -0.0832. The van der Waals surface area contributed by atoms with Gasteiger partial charge in [0.1, 0.15) is 5.65 Å². The molecule has 0 unspecified atom stereocenters. The van der Waals surface area contributed by atoms with Crippen molar-refractivity contribution in [2.75, 3.05) is 4.90 Å². The highest BCUT2D eigenvalue weighted by atomic mass is 32.2. The van der Waals surface area contributed by atoms with Gasteiger partial charge in [-0.15, -0.1) is 10.2 Å². The smallest absolute Gasteiger partial charge is 0.258 e. The van der Waals surface area contributed by atoms with E-state index in [-0.39, 0.29) is 17.5 Å². The van der Waals surface area contributed by atoms with Gasteiger partial charge in [0.25, 0.3) is 5.56 Å². The molecule has 140 valence electrons. The topological polar surface area (TPSA) is 80.5 Å². The molecule has 1 aliphatic rings. The van der Waals surface area contributed by atoms with Crippen LogP contribution in [0.3, 0.4) is 0 Å². The molecule has 0 saturated heterocycles. The van der Waals surface area contributed by atoms with Gasteiger partial charge >= 0.3 is 0 Å². The second kappa shape index (κ2) is 7.40. The first-order valence-corrected chi connectivity index (χ1v) is 10.6. The van der Waals surface area contributed by atoms with Crippen LogP contribution in [0, 0.1) is 6.92 Å². The van der Waals surface area contributed by atoms with Gasteiger partial charge in [0.2, 0.25) is 11.0 Å². The fourth-order valence-corrected chi connectivity index (χ4v) is 4.72. The lowest BCUT2D eigenvalue weighted by Crippen LogP contribution is -2.32. The molecule has 1 aliphatic carbocycles. The quantitative estimate of drug-likeness (QED) is 0.466. The second-order valence-corrected chi connectivity index (χ2v) is 8.61. The summed E-state index contributed by atoms with van der Waals surface area (Å²) in [4.78, 5) is 30.9. The third-order valence-electron chi connectivity index (χ3n) is 4.36. The number of hydrogen-bond acceptors (Lipinski definition) is 7. The summed E-state index contributed by atoms with van der Waals surface area (Å²) in [6.07, 6.45) is 2.51. The number of thioether (sulfide) groups is 1. The first kappa shape index (κ1) is 18.1. The van der Waals surface area contributed by atoms with E-state index in [1.54, 1.807) is 15.4 Å². The van der Waals surface area contributed by atoms with E-state index in [2.05, 4.69) is 15.2 Å². The van der Waals surface area contributed by atoms with Crippen molar-refractivity contribution in [3.05, 3.63) is 46.0 Å². The number of pyridine rings is 1. The maximum Gasteiger partial charge on any atom is 0.258 e. The van der Waals surface area contributed by atoms with Gasteiger partial charge < -0.3 is 0 Å². The van der Waals surface area contributed by atoms with Crippen molar-refractivity contribution in [2.24, 2.45) is 0 Å². The first-order chi connectivity index (χ1) is 13.1. The fourth-order valence-electron chi connectivity index (χ4n) is 2.90. The summed E-state index contributed by atoms with van der Waals surface area (Å²) in [6.45, 7) is 3.75. The van der Waals surface area contributed by atoms with Gasteiger partial charge in [-0.05, 0) is 31.9 Å². The zero-order valence-electron chi connectivity index (χ0n) is 15.1. The number of carbonyl (C=O) groups is 1. The van der Waals surface area contributed by atoms with E-state index < -0.39 is 0 Å². The van der Waals surface area contributed by atoms with Crippen molar-refractivity contribution >= 4 is 39.8 Å². The molecule has 1 fully saturated rings. The van der Waals surface area contributed by atoms with Gasteiger partial charge in [0.05, 0.1) is 5.69 Å². The molecule has 4 rings (SSSR count). The van der Waals surface area contributed by atoms with Gasteiger partial charge in [-0.25, -0.2) is 4.98 Å². The van der Waals surface area contributed by atoms with Crippen LogP contribution in [0.25, 0.3) is 5.65 Å². The lowest BCUT2D eigenvalue weighted by atomic mass is 10.3. The van der Waals surface area contributed by atoms with E-state index in [0.29, 0.717) is 28.6 Å². The zero-order chi connectivity index (χ0) is 19.0. The maximum absolute atomic E-state index is 12.4. The average molecular weight is 402 g/mol. The second-order valence-electron chi connectivity index (χ2n) is 6.43. The number of fused-ring (bicyclic) bond motifs is 1. The largest absolute Gasteiger partial charge is 0.284 e. The summed E-state index contributed by atoms with van der Waals surface area (Å²) in [7, 11) is 0. The SMILES string of the molecule is CCC(=O)N(c1nnc(SCc2cc(=O)n3c(C)cccc3n2)s1)C1CC1. The molecule has 0 bridgehead atoms. The van der Waals surface area contributed by atoms with E-state index in [1.165, 1.54) is 23.1 Å². The Morgan fingerprint density at radius 2 is 2.19 bits per heavy atom.